The minimum atomic E-state index is -3.73. The van der Waals surface area contributed by atoms with Gasteiger partial charge in [0.15, 0.2) is 0 Å². The summed E-state index contributed by atoms with van der Waals surface area (Å²) in [6, 6.07) is 0. The van der Waals surface area contributed by atoms with Crippen molar-refractivity contribution in [3.63, 3.8) is 0 Å². The van der Waals surface area contributed by atoms with Gasteiger partial charge in [-0.3, -0.25) is 14.5 Å². The lowest BCUT2D eigenvalue weighted by Crippen LogP contribution is -2.18. The number of H-pyrrole nitrogens is 1. The second kappa shape index (κ2) is 6.27. The fourth-order valence-corrected chi connectivity index (χ4v) is 3.13. The average Bonchev–Trinajstić information content (AvgIpc) is 3.03. The molecule has 0 atom stereocenters. The first-order valence-electron chi connectivity index (χ1n) is 6.77. The second-order valence-corrected chi connectivity index (χ2v) is 6.20. The van der Waals surface area contributed by atoms with E-state index in [-0.39, 0.29) is 5.03 Å². The molecule has 0 aliphatic rings. The Morgan fingerprint density at radius 1 is 1.38 bits per heavy atom. The number of aromatic amines is 1. The Kier molecular flexibility index (Phi) is 4.63. The maximum atomic E-state index is 12.4. The van der Waals surface area contributed by atoms with E-state index in [1.807, 2.05) is 13.8 Å². The lowest BCUT2D eigenvalue weighted by Gasteiger charge is -2.07. The zero-order valence-electron chi connectivity index (χ0n) is 12.3. The van der Waals surface area contributed by atoms with E-state index in [2.05, 4.69) is 25.3 Å². The fraction of sp³-hybridized carbons (Fsp3) is 0.500. The fourth-order valence-electron chi connectivity index (χ4n) is 1.90. The van der Waals surface area contributed by atoms with Crippen LogP contribution in [0.3, 0.4) is 0 Å². The van der Waals surface area contributed by atoms with Gasteiger partial charge >= 0.3 is 0 Å². The lowest BCUT2D eigenvalue weighted by molar-refractivity contribution is 0.594. The molecule has 3 N–H and O–H groups in total. The highest BCUT2D eigenvalue weighted by molar-refractivity contribution is 7.92. The largest absolute Gasteiger partial charge is 0.313 e. The summed E-state index contributed by atoms with van der Waals surface area (Å²) in [6.45, 7) is 7.56. The predicted octanol–water partition coefficient (Wildman–Crippen LogP) is 0.845. The normalized spacial score (nSPS) is 11.8. The molecule has 0 unspecified atom stereocenters. The molecule has 2 aromatic rings. The molecule has 0 radical (unpaired) electrons. The quantitative estimate of drug-likeness (QED) is 0.703. The molecule has 0 bridgehead atoms. The van der Waals surface area contributed by atoms with E-state index in [0.717, 1.165) is 12.2 Å². The highest BCUT2D eigenvalue weighted by Gasteiger charge is 2.24. The van der Waals surface area contributed by atoms with Crippen LogP contribution in [0.5, 0.6) is 0 Å². The van der Waals surface area contributed by atoms with Gasteiger partial charge in [0.2, 0.25) is 5.03 Å². The zero-order chi connectivity index (χ0) is 15.5. The van der Waals surface area contributed by atoms with Gasteiger partial charge in [0, 0.05) is 30.5 Å². The van der Waals surface area contributed by atoms with E-state index in [1.165, 1.54) is 6.20 Å². The Morgan fingerprint density at radius 3 is 2.76 bits per heavy atom. The topological polar surface area (TPSA) is 105 Å². The van der Waals surface area contributed by atoms with Gasteiger partial charge in [0.05, 0.1) is 11.9 Å². The number of hydrogen-bond acceptors (Lipinski definition) is 5. The van der Waals surface area contributed by atoms with Crippen molar-refractivity contribution in [3.05, 3.63) is 23.7 Å². The van der Waals surface area contributed by atoms with Crippen LogP contribution in [0.2, 0.25) is 0 Å². The summed E-state index contributed by atoms with van der Waals surface area (Å²) in [7, 11) is -3.73. The SMILES string of the molecule is CCNCc1c(S(=O)(=O)Nc2cnn(CC)c2)n[nH]c1C. The highest BCUT2D eigenvalue weighted by Crippen LogP contribution is 2.19. The first-order valence-corrected chi connectivity index (χ1v) is 8.26. The van der Waals surface area contributed by atoms with Crippen LogP contribution in [-0.4, -0.2) is 34.9 Å². The molecule has 0 spiro atoms. The number of sulfonamides is 1. The first-order chi connectivity index (χ1) is 9.97. The first kappa shape index (κ1) is 15.5. The van der Waals surface area contributed by atoms with Gasteiger partial charge in [0.25, 0.3) is 10.0 Å². The third kappa shape index (κ3) is 3.42. The predicted molar refractivity (Wildman–Crippen MR) is 79.4 cm³/mol. The van der Waals surface area contributed by atoms with Gasteiger partial charge in [-0.15, -0.1) is 0 Å². The standard InChI is InChI=1S/C12H20N6O2S/c1-4-13-7-11-9(3)15-16-12(11)21(19,20)17-10-6-14-18(5-2)8-10/h6,8,13,17H,4-5,7H2,1-3H3,(H,15,16). The molecule has 8 nitrogen and oxygen atoms in total. The Hall–Kier alpha value is -1.87. The summed E-state index contributed by atoms with van der Waals surface area (Å²) in [4.78, 5) is 0. The number of aromatic nitrogens is 4. The van der Waals surface area contributed by atoms with Crippen molar-refractivity contribution in [2.45, 2.75) is 38.9 Å². The van der Waals surface area contributed by atoms with E-state index in [9.17, 15) is 8.42 Å². The smallest absolute Gasteiger partial charge is 0.281 e. The van der Waals surface area contributed by atoms with Crippen molar-refractivity contribution in [1.82, 2.24) is 25.3 Å². The monoisotopic (exact) mass is 312 g/mol. The number of anilines is 1. The molecule has 9 heteroatoms. The Balaban J connectivity index is 2.26. The number of rotatable bonds is 7. The van der Waals surface area contributed by atoms with E-state index in [1.54, 1.807) is 17.8 Å². The minimum absolute atomic E-state index is 0.0187. The lowest BCUT2D eigenvalue weighted by atomic mass is 10.2. The Morgan fingerprint density at radius 2 is 2.14 bits per heavy atom. The van der Waals surface area contributed by atoms with Gasteiger partial charge in [-0.05, 0) is 20.4 Å². The van der Waals surface area contributed by atoms with Crippen molar-refractivity contribution in [3.8, 4) is 0 Å². The van der Waals surface area contributed by atoms with Crippen LogP contribution in [0.4, 0.5) is 5.69 Å². The van der Waals surface area contributed by atoms with Crippen LogP contribution < -0.4 is 10.0 Å². The summed E-state index contributed by atoms with van der Waals surface area (Å²) in [6.07, 6.45) is 3.12. The summed E-state index contributed by atoms with van der Waals surface area (Å²) in [5.74, 6) is 0. The van der Waals surface area contributed by atoms with Crippen molar-refractivity contribution in [2.75, 3.05) is 11.3 Å². The van der Waals surface area contributed by atoms with E-state index >= 15 is 0 Å². The van der Waals surface area contributed by atoms with Crippen molar-refractivity contribution in [2.24, 2.45) is 0 Å². The van der Waals surface area contributed by atoms with Gasteiger partial charge in [0.1, 0.15) is 0 Å². The van der Waals surface area contributed by atoms with Crippen LogP contribution in [0.25, 0.3) is 0 Å². The third-order valence-corrected chi connectivity index (χ3v) is 4.40. The molecular formula is C12H20N6O2S. The molecule has 0 saturated carbocycles. The second-order valence-electron chi connectivity index (χ2n) is 4.60. The van der Waals surface area contributed by atoms with Crippen LogP contribution in [0, 0.1) is 6.92 Å². The molecule has 2 rings (SSSR count). The van der Waals surface area contributed by atoms with Crippen molar-refractivity contribution < 1.29 is 8.42 Å². The van der Waals surface area contributed by atoms with Gasteiger partial charge in [-0.1, -0.05) is 6.92 Å². The maximum Gasteiger partial charge on any atom is 0.281 e. The molecule has 2 aromatic heterocycles. The van der Waals surface area contributed by atoms with E-state index in [4.69, 9.17) is 0 Å². The van der Waals surface area contributed by atoms with E-state index in [0.29, 0.717) is 24.3 Å². The molecule has 0 fully saturated rings. The molecule has 21 heavy (non-hydrogen) atoms. The number of nitrogens with zero attached hydrogens (tertiary/aromatic N) is 3. The Bertz CT molecular complexity index is 703. The molecule has 0 aliphatic carbocycles. The molecule has 0 aliphatic heterocycles. The van der Waals surface area contributed by atoms with Crippen molar-refractivity contribution in [1.29, 1.82) is 0 Å². The molecule has 116 valence electrons. The molecule has 0 saturated heterocycles. The van der Waals surface area contributed by atoms with Crippen LogP contribution in [0.1, 0.15) is 25.1 Å². The molecule has 0 aromatic carbocycles. The van der Waals surface area contributed by atoms with Gasteiger partial charge in [-0.2, -0.15) is 18.6 Å². The number of aryl methyl sites for hydroxylation is 2. The summed E-state index contributed by atoms with van der Waals surface area (Å²) in [5.41, 5.74) is 1.81. The summed E-state index contributed by atoms with van der Waals surface area (Å²) < 4.78 is 29.0. The van der Waals surface area contributed by atoms with Crippen molar-refractivity contribution >= 4 is 15.7 Å². The number of hydrogen-bond donors (Lipinski definition) is 3. The summed E-state index contributed by atoms with van der Waals surface area (Å²) >= 11 is 0. The average molecular weight is 312 g/mol. The highest BCUT2D eigenvalue weighted by atomic mass is 32.2. The van der Waals surface area contributed by atoms with Crippen LogP contribution in [-0.2, 0) is 23.1 Å². The molecule has 2 heterocycles. The molecular weight excluding hydrogens is 292 g/mol. The zero-order valence-corrected chi connectivity index (χ0v) is 13.2. The minimum Gasteiger partial charge on any atom is -0.313 e. The maximum absolute atomic E-state index is 12.4. The van der Waals surface area contributed by atoms with Crippen LogP contribution in [0.15, 0.2) is 17.4 Å². The van der Waals surface area contributed by atoms with Gasteiger partial charge < -0.3 is 5.32 Å². The Labute approximate surface area is 124 Å². The third-order valence-electron chi connectivity index (χ3n) is 3.05. The number of nitrogens with one attached hydrogen (secondary N) is 3. The van der Waals surface area contributed by atoms with E-state index < -0.39 is 10.0 Å². The van der Waals surface area contributed by atoms with Crippen LogP contribution >= 0.6 is 0 Å². The van der Waals surface area contributed by atoms with Gasteiger partial charge in [-0.25, -0.2) is 0 Å². The summed E-state index contributed by atoms with van der Waals surface area (Å²) in [5, 5.41) is 13.8. The molecule has 0 amide bonds.